The number of hydrogen-bond donors (Lipinski definition) is 1. The molecule has 0 radical (unpaired) electrons. The van der Waals surface area contributed by atoms with E-state index in [1.807, 2.05) is 11.8 Å². The molecule has 2 N–H and O–H groups in total. The summed E-state index contributed by atoms with van der Waals surface area (Å²) < 4.78 is 13.9. The molecule has 1 nitrogen and oxygen atoms in total. The fourth-order valence-corrected chi connectivity index (χ4v) is 3.04. The van der Waals surface area contributed by atoms with Gasteiger partial charge in [-0.15, -0.1) is 0 Å². The summed E-state index contributed by atoms with van der Waals surface area (Å²) in [5.41, 5.74) is 4.35. The molecule has 0 aromatic rings. The van der Waals surface area contributed by atoms with E-state index in [4.69, 9.17) is 5.73 Å². The number of rotatable bonds is 3. The molecule has 2 unspecified atom stereocenters. The molecule has 12 heavy (non-hydrogen) atoms. The summed E-state index contributed by atoms with van der Waals surface area (Å²) in [5.74, 6) is 2.42. The molecule has 3 heteroatoms. The van der Waals surface area contributed by atoms with Crippen LogP contribution in [0.1, 0.15) is 26.2 Å². The highest BCUT2D eigenvalue weighted by molar-refractivity contribution is 7.99. The summed E-state index contributed by atoms with van der Waals surface area (Å²) in [6, 6.07) is 0. The molecular weight excluding hydrogens is 173 g/mol. The molecule has 0 aliphatic carbocycles. The SMILES string of the molecule is CC(F)(CCN)C1CCCSC1. The van der Waals surface area contributed by atoms with E-state index in [1.165, 1.54) is 12.2 Å². The van der Waals surface area contributed by atoms with Crippen LogP contribution in [-0.4, -0.2) is 23.7 Å². The predicted molar refractivity (Wildman–Crippen MR) is 53.2 cm³/mol. The van der Waals surface area contributed by atoms with E-state index in [1.54, 1.807) is 6.92 Å². The van der Waals surface area contributed by atoms with E-state index < -0.39 is 5.67 Å². The van der Waals surface area contributed by atoms with Crippen molar-refractivity contribution in [3.63, 3.8) is 0 Å². The van der Waals surface area contributed by atoms with Crippen LogP contribution in [0.4, 0.5) is 4.39 Å². The molecule has 2 atom stereocenters. The van der Waals surface area contributed by atoms with Gasteiger partial charge in [0.1, 0.15) is 5.67 Å². The van der Waals surface area contributed by atoms with Crippen molar-refractivity contribution in [2.75, 3.05) is 18.1 Å². The third kappa shape index (κ3) is 2.63. The number of thioether (sulfide) groups is 1. The van der Waals surface area contributed by atoms with Gasteiger partial charge in [0.05, 0.1) is 0 Å². The van der Waals surface area contributed by atoms with Crippen LogP contribution in [0, 0.1) is 5.92 Å². The van der Waals surface area contributed by atoms with Crippen molar-refractivity contribution in [2.45, 2.75) is 31.9 Å². The molecule has 72 valence electrons. The van der Waals surface area contributed by atoms with Crippen LogP contribution >= 0.6 is 11.8 Å². The summed E-state index contributed by atoms with van der Waals surface area (Å²) in [4.78, 5) is 0. The molecule has 0 aromatic carbocycles. The number of hydrogen-bond acceptors (Lipinski definition) is 2. The topological polar surface area (TPSA) is 26.0 Å². The van der Waals surface area contributed by atoms with Crippen molar-refractivity contribution in [1.82, 2.24) is 0 Å². The lowest BCUT2D eigenvalue weighted by Gasteiger charge is -2.32. The van der Waals surface area contributed by atoms with E-state index in [-0.39, 0.29) is 5.92 Å². The first kappa shape index (κ1) is 10.3. The van der Waals surface area contributed by atoms with Gasteiger partial charge in [-0.2, -0.15) is 11.8 Å². The summed E-state index contributed by atoms with van der Waals surface area (Å²) in [6.07, 6.45) is 2.72. The summed E-state index contributed by atoms with van der Waals surface area (Å²) in [5, 5.41) is 0. The Labute approximate surface area is 78.3 Å². The highest BCUT2D eigenvalue weighted by Crippen LogP contribution is 2.35. The van der Waals surface area contributed by atoms with Gasteiger partial charge in [0.25, 0.3) is 0 Å². The zero-order valence-corrected chi connectivity index (χ0v) is 8.50. The standard InChI is InChI=1S/C9H18FNS/c1-9(10,4-5-11)8-3-2-6-12-7-8/h8H,2-7,11H2,1H3. The largest absolute Gasteiger partial charge is 0.330 e. The molecule has 1 saturated heterocycles. The van der Waals surface area contributed by atoms with Crippen LogP contribution in [0.5, 0.6) is 0 Å². The Bertz CT molecular complexity index is 132. The minimum atomic E-state index is -1.03. The smallest absolute Gasteiger partial charge is 0.113 e. The van der Waals surface area contributed by atoms with Gasteiger partial charge in [-0.05, 0) is 44.2 Å². The molecule has 0 aromatic heterocycles. The van der Waals surface area contributed by atoms with E-state index in [2.05, 4.69) is 0 Å². The summed E-state index contributed by atoms with van der Waals surface area (Å²) in [7, 11) is 0. The molecule has 0 bridgehead atoms. The lowest BCUT2D eigenvalue weighted by Crippen LogP contribution is -2.35. The minimum Gasteiger partial charge on any atom is -0.330 e. The second-order valence-electron chi connectivity index (χ2n) is 3.73. The Balaban J connectivity index is 2.41. The quantitative estimate of drug-likeness (QED) is 0.740. The molecule has 0 amide bonds. The molecular formula is C9H18FNS. The second kappa shape index (κ2) is 4.47. The fourth-order valence-electron chi connectivity index (χ4n) is 1.70. The Morgan fingerprint density at radius 3 is 2.92 bits per heavy atom. The Morgan fingerprint density at radius 1 is 1.67 bits per heavy atom. The maximum atomic E-state index is 13.9. The van der Waals surface area contributed by atoms with Gasteiger partial charge in [0.2, 0.25) is 0 Å². The molecule has 1 heterocycles. The van der Waals surface area contributed by atoms with Crippen LogP contribution < -0.4 is 5.73 Å². The van der Waals surface area contributed by atoms with Crippen LogP contribution in [0.15, 0.2) is 0 Å². The zero-order chi connectivity index (χ0) is 9.03. The van der Waals surface area contributed by atoms with Crippen LogP contribution in [0.25, 0.3) is 0 Å². The number of alkyl halides is 1. The zero-order valence-electron chi connectivity index (χ0n) is 7.68. The third-order valence-electron chi connectivity index (χ3n) is 2.64. The molecule has 0 spiro atoms. The predicted octanol–water partition coefficient (Wildman–Crippen LogP) is 2.21. The molecule has 1 rings (SSSR count). The molecule has 1 aliphatic rings. The number of halogens is 1. The monoisotopic (exact) mass is 191 g/mol. The maximum Gasteiger partial charge on any atom is 0.113 e. The van der Waals surface area contributed by atoms with Crippen molar-refractivity contribution < 1.29 is 4.39 Å². The van der Waals surface area contributed by atoms with Gasteiger partial charge in [0, 0.05) is 5.92 Å². The maximum absolute atomic E-state index is 13.9. The van der Waals surface area contributed by atoms with E-state index in [0.717, 1.165) is 12.2 Å². The Hall–Kier alpha value is 0.240. The summed E-state index contributed by atoms with van der Waals surface area (Å²) >= 11 is 1.87. The van der Waals surface area contributed by atoms with Gasteiger partial charge in [-0.3, -0.25) is 0 Å². The first-order valence-electron chi connectivity index (χ1n) is 4.63. The minimum absolute atomic E-state index is 0.236. The highest BCUT2D eigenvalue weighted by Gasteiger charge is 2.34. The third-order valence-corrected chi connectivity index (χ3v) is 3.86. The van der Waals surface area contributed by atoms with Gasteiger partial charge in [0.15, 0.2) is 0 Å². The van der Waals surface area contributed by atoms with Crippen molar-refractivity contribution >= 4 is 11.8 Å². The van der Waals surface area contributed by atoms with Crippen LogP contribution in [0.3, 0.4) is 0 Å². The van der Waals surface area contributed by atoms with E-state index in [0.29, 0.717) is 13.0 Å². The highest BCUT2D eigenvalue weighted by atomic mass is 32.2. The molecule has 0 saturated carbocycles. The van der Waals surface area contributed by atoms with Gasteiger partial charge < -0.3 is 5.73 Å². The normalized spacial score (nSPS) is 29.8. The Kier molecular flexibility index (Phi) is 3.84. The van der Waals surface area contributed by atoms with E-state index in [9.17, 15) is 4.39 Å². The number of nitrogens with two attached hydrogens (primary N) is 1. The van der Waals surface area contributed by atoms with Crippen LogP contribution in [-0.2, 0) is 0 Å². The van der Waals surface area contributed by atoms with Gasteiger partial charge in [-0.1, -0.05) is 0 Å². The van der Waals surface area contributed by atoms with Crippen molar-refractivity contribution in [2.24, 2.45) is 11.7 Å². The first-order chi connectivity index (χ1) is 5.67. The lowest BCUT2D eigenvalue weighted by molar-refractivity contribution is 0.0995. The lowest BCUT2D eigenvalue weighted by atomic mass is 9.86. The fraction of sp³-hybridized carbons (Fsp3) is 1.00. The second-order valence-corrected chi connectivity index (χ2v) is 4.88. The van der Waals surface area contributed by atoms with Crippen molar-refractivity contribution in [3.8, 4) is 0 Å². The summed E-state index contributed by atoms with van der Waals surface area (Å²) in [6.45, 7) is 2.17. The van der Waals surface area contributed by atoms with Gasteiger partial charge in [-0.25, -0.2) is 4.39 Å². The van der Waals surface area contributed by atoms with Crippen molar-refractivity contribution in [1.29, 1.82) is 0 Å². The van der Waals surface area contributed by atoms with Crippen LogP contribution in [0.2, 0.25) is 0 Å². The van der Waals surface area contributed by atoms with Crippen molar-refractivity contribution in [3.05, 3.63) is 0 Å². The molecule has 1 aliphatic heterocycles. The van der Waals surface area contributed by atoms with E-state index >= 15 is 0 Å². The molecule has 1 fully saturated rings. The Morgan fingerprint density at radius 2 is 2.42 bits per heavy atom. The average Bonchev–Trinajstić information content (AvgIpc) is 2.06. The average molecular weight is 191 g/mol. The van der Waals surface area contributed by atoms with Gasteiger partial charge >= 0.3 is 0 Å². The first-order valence-corrected chi connectivity index (χ1v) is 5.79.